The zero-order valence-corrected chi connectivity index (χ0v) is 26.5. The number of H-pyrrole nitrogens is 1. The first-order chi connectivity index (χ1) is 23.2. The number of pyridine rings is 2. The van der Waals surface area contributed by atoms with Crippen LogP contribution in [-0.4, -0.2) is 67.4 Å². The largest absolute Gasteiger partial charge is 0.393 e. The zero-order valence-electron chi connectivity index (χ0n) is 26.5. The zero-order chi connectivity index (χ0) is 31.6. The Morgan fingerprint density at radius 1 is 0.787 bits per heavy atom. The number of aromatic amines is 1. The molecule has 47 heavy (non-hydrogen) atoms. The van der Waals surface area contributed by atoms with E-state index in [1.807, 2.05) is 18.2 Å². The first-order valence-electron chi connectivity index (χ1n) is 16.8. The Morgan fingerprint density at radius 2 is 1.57 bits per heavy atom. The molecule has 0 bridgehead atoms. The number of nitrogens with zero attached hydrogens (tertiary/aromatic N) is 7. The number of piperidine rings is 2. The number of benzene rings is 2. The molecule has 5 aromatic rings. The summed E-state index contributed by atoms with van der Waals surface area (Å²) in [7, 11) is 0. The minimum Gasteiger partial charge on any atom is -0.393 e. The van der Waals surface area contributed by atoms with Gasteiger partial charge in [-0.05, 0) is 91.9 Å². The van der Waals surface area contributed by atoms with Gasteiger partial charge in [0.1, 0.15) is 17.3 Å². The van der Waals surface area contributed by atoms with Gasteiger partial charge in [0.05, 0.1) is 24.0 Å². The summed E-state index contributed by atoms with van der Waals surface area (Å²) in [4.78, 5) is 21.5. The van der Waals surface area contributed by atoms with E-state index in [1.54, 1.807) is 6.20 Å². The Kier molecular flexibility index (Phi) is 8.23. The number of anilines is 2. The second kappa shape index (κ2) is 13.1. The lowest BCUT2D eigenvalue weighted by Gasteiger charge is -2.34. The van der Waals surface area contributed by atoms with Crippen molar-refractivity contribution in [3.63, 3.8) is 0 Å². The van der Waals surface area contributed by atoms with E-state index in [4.69, 9.17) is 9.97 Å². The SMILES string of the molecule is OC1CCN(c2ccc3c(n2)C=C(c2ccc(CN4CCC(c5nc(-c6ccccn6)n[nH]5)CC4)cc2)N(c2ccccc2)C3)CC1. The maximum atomic E-state index is 9.99. The highest BCUT2D eigenvalue weighted by atomic mass is 16.3. The smallest absolute Gasteiger partial charge is 0.199 e. The molecule has 2 N–H and O–H groups in total. The van der Waals surface area contributed by atoms with Crippen LogP contribution in [0.2, 0.25) is 0 Å². The van der Waals surface area contributed by atoms with Gasteiger partial charge in [-0.1, -0.05) is 54.6 Å². The second-order valence-electron chi connectivity index (χ2n) is 12.9. The van der Waals surface area contributed by atoms with E-state index in [0.717, 1.165) is 93.7 Å². The first-order valence-corrected chi connectivity index (χ1v) is 16.8. The molecule has 9 nitrogen and oxygen atoms in total. The number of aliphatic hydroxyl groups is 1. The third kappa shape index (κ3) is 6.41. The average molecular weight is 625 g/mol. The van der Waals surface area contributed by atoms with Gasteiger partial charge in [0.25, 0.3) is 0 Å². The number of fused-ring (bicyclic) bond motifs is 1. The van der Waals surface area contributed by atoms with Crippen molar-refractivity contribution in [3.05, 3.63) is 119 Å². The Hall–Kier alpha value is -4.86. The van der Waals surface area contributed by atoms with Gasteiger partial charge in [-0.25, -0.2) is 9.97 Å². The van der Waals surface area contributed by atoms with Crippen LogP contribution >= 0.6 is 0 Å². The van der Waals surface area contributed by atoms with Crippen LogP contribution in [0, 0.1) is 0 Å². The quantitative estimate of drug-likeness (QED) is 0.224. The molecule has 3 aliphatic heterocycles. The number of hydrogen-bond acceptors (Lipinski definition) is 8. The minimum absolute atomic E-state index is 0.199. The molecule has 0 amide bonds. The molecule has 0 saturated carbocycles. The Labute approximate surface area is 275 Å². The Morgan fingerprint density at radius 3 is 2.34 bits per heavy atom. The second-order valence-corrected chi connectivity index (χ2v) is 12.9. The van der Waals surface area contributed by atoms with Crippen molar-refractivity contribution in [2.24, 2.45) is 0 Å². The van der Waals surface area contributed by atoms with Gasteiger partial charge in [-0.15, -0.1) is 0 Å². The average Bonchev–Trinajstić information content (AvgIpc) is 3.63. The topological polar surface area (TPSA) is 97.3 Å². The standard InChI is InChI=1S/C38H40N8O/c47-32-17-22-45(23-18-32)36-14-13-30-26-46(31-6-2-1-3-7-31)35(24-34(30)40-36)28-11-9-27(10-12-28)25-44-20-15-29(16-21-44)37-41-38(43-42-37)33-8-4-5-19-39-33/h1-14,19,24,29,32,47H,15-18,20-23,25-26H2,(H,41,42,43). The Balaban J connectivity index is 0.966. The number of nitrogens with one attached hydrogen (secondary N) is 1. The van der Waals surface area contributed by atoms with E-state index in [2.05, 4.69) is 103 Å². The van der Waals surface area contributed by atoms with Gasteiger partial charge >= 0.3 is 0 Å². The monoisotopic (exact) mass is 624 g/mol. The normalized spacial score (nSPS) is 17.9. The van der Waals surface area contributed by atoms with Gasteiger partial charge in [0.15, 0.2) is 5.82 Å². The third-order valence-corrected chi connectivity index (χ3v) is 9.77. The first kappa shape index (κ1) is 29.5. The van der Waals surface area contributed by atoms with Gasteiger partial charge in [-0.2, -0.15) is 5.10 Å². The molecule has 0 radical (unpaired) electrons. The van der Waals surface area contributed by atoms with Gasteiger partial charge in [0.2, 0.25) is 0 Å². The van der Waals surface area contributed by atoms with E-state index in [9.17, 15) is 5.11 Å². The number of aliphatic hydroxyl groups excluding tert-OH is 1. The predicted molar refractivity (Wildman–Crippen MR) is 185 cm³/mol. The number of rotatable bonds is 7. The van der Waals surface area contributed by atoms with Crippen molar-refractivity contribution in [2.45, 2.75) is 50.8 Å². The summed E-state index contributed by atoms with van der Waals surface area (Å²) >= 11 is 0. The van der Waals surface area contributed by atoms with Crippen LogP contribution in [0.1, 0.15) is 59.8 Å². The molecule has 0 aliphatic carbocycles. The highest BCUT2D eigenvalue weighted by molar-refractivity contribution is 5.92. The van der Waals surface area contributed by atoms with Crippen LogP contribution in [0.4, 0.5) is 11.5 Å². The van der Waals surface area contributed by atoms with Gasteiger partial charge in [0, 0.05) is 37.4 Å². The van der Waals surface area contributed by atoms with Crippen molar-refractivity contribution >= 4 is 23.3 Å². The van der Waals surface area contributed by atoms with Crippen molar-refractivity contribution < 1.29 is 5.11 Å². The lowest BCUT2D eigenvalue weighted by molar-refractivity contribution is 0.145. The summed E-state index contributed by atoms with van der Waals surface area (Å²) in [5, 5.41) is 17.6. The Bertz CT molecular complexity index is 1820. The van der Waals surface area contributed by atoms with Crippen molar-refractivity contribution in [1.29, 1.82) is 0 Å². The van der Waals surface area contributed by atoms with Crippen LogP contribution in [0.5, 0.6) is 0 Å². The minimum atomic E-state index is -0.199. The van der Waals surface area contributed by atoms with Crippen LogP contribution < -0.4 is 9.80 Å². The third-order valence-electron chi connectivity index (χ3n) is 9.77. The molecule has 0 unspecified atom stereocenters. The number of hydrogen-bond donors (Lipinski definition) is 2. The van der Waals surface area contributed by atoms with Crippen LogP contribution in [-0.2, 0) is 13.1 Å². The van der Waals surface area contributed by atoms with E-state index in [-0.39, 0.29) is 6.10 Å². The van der Waals surface area contributed by atoms with Gasteiger partial charge in [-0.3, -0.25) is 15.0 Å². The maximum Gasteiger partial charge on any atom is 0.199 e. The van der Waals surface area contributed by atoms with Crippen molar-refractivity contribution in [2.75, 3.05) is 36.0 Å². The van der Waals surface area contributed by atoms with Crippen LogP contribution in [0.3, 0.4) is 0 Å². The number of para-hydroxylation sites is 1. The summed E-state index contributed by atoms with van der Waals surface area (Å²) in [5.74, 6) is 3.02. The summed E-state index contributed by atoms with van der Waals surface area (Å²) < 4.78 is 0. The molecule has 6 heterocycles. The molecule has 8 rings (SSSR count). The summed E-state index contributed by atoms with van der Waals surface area (Å²) in [6.07, 6.45) is 7.52. The summed E-state index contributed by atoms with van der Waals surface area (Å²) in [6, 6.07) is 29.9. The molecule has 238 valence electrons. The summed E-state index contributed by atoms with van der Waals surface area (Å²) in [6.45, 7) is 5.43. The number of likely N-dealkylation sites (tertiary alicyclic amines) is 1. The molecule has 2 aromatic carbocycles. The lowest BCUT2D eigenvalue weighted by atomic mass is 9.95. The molecule has 2 fully saturated rings. The van der Waals surface area contributed by atoms with E-state index < -0.39 is 0 Å². The van der Waals surface area contributed by atoms with E-state index in [1.165, 1.54) is 22.4 Å². The van der Waals surface area contributed by atoms with E-state index in [0.29, 0.717) is 11.7 Å². The highest BCUT2D eigenvalue weighted by Crippen LogP contribution is 2.36. The number of aromatic nitrogens is 5. The van der Waals surface area contributed by atoms with Crippen molar-refractivity contribution in [3.8, 4) is 11.5 Å². The lowest BCUT2D eigenvalue weighted by Crippen LogP contribution is -2.36. The molecular weight excluding hydrogens is 584 g/mol. The molecule has 9 heteroatoms. The van der Waals surface area contributed by atoms with E-state index >= 15 is 0 Å². The molecular formula is C38H40N8O. The molecule has 3 aliphatic rings. The highest BCUT2D eigenvalue weighted by Gasteiger charge is 2.26. The van der Waals surface area contributed by atoms with Crippen molar-refractivity contribution in [1.82, 2.24) is 30.0 Å². The van der Waals surface area contributed by atoms with Crippen LogP contribution in [0.25, 0.3) is 23.3 Å². The fourth-order valence-corrected chi connectivity index (χ4v) is 7.03. The molecule has 2 saturated heterocycles. The van der Waals surface area contributed by atoms with Crippen LogP contribution in [0.15, 0.2) is 91.1 Å². The maximum absolute atomic E-state index is 9.99. The molecule has 0 atom stereocenters. The fourth-order valence-electron chi connectivity index (χ4n) is 7.03. The fraction of sp³-hybridized carbons (Fsp3) is 0.316. The van der Waals surface area contributed by atoms with Gasteiger partial charge < -0.3 is 14.9 Å². The molecule has 3 aromatic heterocycles. The predicted octanol–water partition coefficient (Wildman–Crippen LogP) is 6.12. The summed E-state index contributed by atoms with van der Waals surface area (Å²) in [5.41, 5.74) is 7.88. The molecule has 0 spiro atoms.